The lowest BCUT2D eigenvalue weighted by atomic mass is 9.70. The number of aromatic amines is 1. The average molecular weight is 658 g/mol. The van der Waals surface area contributed by atoms with Crippen molar-refractivity contribution in [2.45, 2.75) is 76.1 Å². The predicted octanol–water partition coefficient (Wildman–Crippen LogP) is 4.37. The molecule has 3 heterocycles. The molecule has 0 radical (unpaired) electrons. The summed E-state index contributed by atoms with van der Waals surface area (Å²) >= 11 is 0. The number of ether oxygens (including phenoxy) is 4. The van der Waals surface area contributed by atoms with Crippen LogP contribution in [0.2, 0.25) is 0 Å². The lowest BCUT2D eigenvalue weighted by Gasteiger charge is -2.38. The van der Waals surface area contributed by atoms with Crippen LogP contribution in [0.1, 0.15) is 80.0 Å². The highest BCUT2D eigenvalue weighted by Gasteiger charge is 2.52. The molecule has 1 aromatic heterocycles. The SMILES string of the molecule is CCOC(=O)C1=C(C=O)C(=C2CC(CO)C(=O)C(c3ccc4[nH]ccc4c3)C2)c2c(c(CO)c3c(c2OC)C2CCCC(C)(O)C2O3)O1. The highest BCUT2D eigenvalue weighted by Crippen LogP contribution is 2.61. The summed E-state index contributed by atoms with van der Waals surface area (Å²) in [6.07, 6.45) is 4.00. The molecule has 48 heavy (non-hydrogen) atoms. The first-order valence-corrected chi connectivity index (χ1v) is 16.4. The number of rotatable bonds is 7. The highest BCUT2D eigenvalue weighted by molar-refractivity contribution is 6.11. The van der Waals surface area contributed by atoms with Crippen LogP contribution in [0.3, 0.4) is 0 Å². The van der Waals surface area contributed by atoms with E-state index in [-0.39, 0.29) is 53.8 Å². The normalized spacial score (nSPS) is 27.9. The third-order valence-electron chi connectivity index (χ3n) is 10.4. The van der Waals surface area contributed by atoms with Gasteiger partial charge in [-0.05, 0) is 75.1 Å². The molecule has 5 atom stereocenters. The number of nitrogens with one attached hydrogen (secondary N) is 1. The molecule has 7 rings (SSSR count). The van der Waals surface area contributed by atoms with E-state index in [4.69, 9.17) is 18.9 Å². The van der Waals surface area contributed by atoms with E-state index in [1.807, 2.05) is 30.5 Å². The first-order chi connectivity index (χ1) is 23.2. The quantitative estimate of drug-likeness (QED) is 0.212. The van der Waals surface area contributed by atoms with Crippen LogP contribution in [0, 0.1) is 5.92 Å². The Labute approximate surface area is 277 Å². The molecule has 2 fully saturated rings. The number of methoxy groups -OCH3 is 1. The van der Waals surface area contributed by atoms with Gasteiger partial charge >= 0.3 is 5.97 Å². The maximum atomic E-state index is 13.8. The van der Waals surface area contributed by atoms with Gasteiger partial charge in [-0.3, -0.25) is 9.59 Å². The first kappa shape index (κ1) is 32.1. The van der Waals surface area contributed by atoms with Crippen molar-refractivity contribution in [3.63, 3.8) is 0 Å². The van der Waals surface area contributed by atoms with Gasteiger partial charge < -0.3 is 39.3 Å². The smallest absolute Gasteiger partial charge is 0.375 e. The molecule has 2 aliphatic heterocycles. The molecule has 2 aromatic carbocycles. The summed E-state index contributed by atoms with van der Waals surface area (Å²) in [5.41, 5.74) is 2.68. The molecule has 2 aliphatic carbocycles. The maximum Gasteiger partial charge on any atom is 0.375 e. The number of allylic oxidation sites excluding steroid dienone is 3. The minimum absolute atomic E-state index is 0.0172. The van der Waals surface area contributed by atoms with Crippen LogP contribution < -0.4 is 14.2 Å². The van der Waals surface area contributed by atoms with Gasteiger partial charge in [0.1, 0.15) is 29.1 Å². The molecule has 3 aromatic rings. The second-order valence-electron chi connectivity index (χ2n) is 13.2. The third-order valence-corrected chi connectivity index (χ3v) is 10.4. The van der Waals surface area contributed by atoms with Gasteiger partial charge in [-0.15, -0.1) is 0 Å². The number of hydrogen-bond donors (Lipinski definition) is 4. The molecule has 4 aliphatic rings. The predicted molar refractivity (Wildman–Crippen MR) is 174 cm³/mol. The van der Waals surface area contributed by atoms with E-state index in [1.54, 1.807) is 13.8 Å². The highest BCUT2D eigenvalue weighted by atomic mass is 16.6. The summed E-state index contributed by atoms with van der Waals surface area (Å²) in [5.74, 6) is -2.33. The zero-order valence-corrected chi connectivity index (χ0v) is 27.1. The van der Waals surface area contributed by atoms with Crippen molar-refractivity contribution in [2.24, 2.45) is 5.92 Å². The number of aromatic nitrogens is 1. The van der Waals surface area contributed by atoms with E-state index >= 15 is 0 Å². The van der Waals surface area contributed by atoms with Crippen LogP contribution >= 0.6 is 0 Å². The molecule has 0 amide bonds. The Morgan fingerprint density at radius 3 is 2.71 bits per heavy atom. The standard InChI is InChI=1S/C37H39NO10/c1-4-46-36(43)33-24(16-40)27(20-13-21(15-39)30(42)23(14-20)18-7-8-26-19(12-18)9-11-38-26)29-32(47-33)25(17-41)31-28(34(29)45-3)22-6-5-10-37(2,44)35(22)48-31/h7-9,11-12,16,21-23,35,38-39,41,44H,4-6,10,13-15,17H2,1-3H3. The third kappa shape index (κ3) is 4.86. The minimum Gasteiger partial charge on any atom is -0.496 e. The van der Waals surface area contributed by atoms with Crippen molar-refractivity contribution < 1.29 is 48.7 Å². The monoisotopic (exact) mass is 657 g/mol. The largest absolute Gasteiger partial charge is 0.496 e. The molecular formula is C37H39NO10. The van der Waals surface area contributed by atoms with Crippen molar-refractivity contribution in [1.82, 2.24) is 4.98 Å². The van der Waals surface area contributed by atoms with Crippen molar-refractivity contribution in [3.05, 3.63) is 69.6 Å². The van der Waals surface area contributed by atoms with Gasteiger partial charge in [-0.25, -0.2) is 4.79 Å². The van der Waals surface area contributed by atoms with Crippen molar-refractivity contribution in [1.29, 1.82) is 0 Å². The summed E-state index contributed by atoms with van der Waals surface area (Å²) in [6, 6.07) is 7.65. The number of hydrogen-bond acceptors (Lipinski definition) is 10. The van der Waals surface area contributed by atoms with Gasteiger partial charge in [0.25, 0.3) is 0 Å². The van der Waals surface area contributed by atoms with E-state index in [2.05, 4.69) is 4.98 Å². The molecule has 0 spiro atoms. The van der Waals surface area contributed by atoms with Gasteiger partial charge in [-0.2, -0.15) is 0 Å². The van der Waals surface area contributed by atoms with Crippen molar-refractivity contribution in [3.8, 4) is 17.2 Å². The summed E-state index contributed by atoms with van der Waals surface area (Å²) in [5, 5.41) is 33.6. The van der Waals surface area contributed by atoms with Crippen molar-refractivity contribution in [2.75, 3.05) is 20.3 Å². The molecule has 0 saturated heterocycles. The second-order valence-corrected chi connectivity index (χ2v) is 13.2. The zero-order valence-electron chi connectivity index (χ0n) is 27.1. The van der Waals surface area contributed by atoms with E-state index in [0.717, 1.165) is 22.9 Å². The van der Waals surface area contributed by atoms with Crippen LogP contribution in [0.25, 0.3) is 16.5 Å². The second kappa shape index (κ2) is 12.2. The Kier molecular flexibility index (Phi) is 8.17. The number of aliphatic hydroxyl groups is 3. The lowest BCUT2D eigenvalue weighted by Crippen LogP contribution is -2.47. The molecule has 11 nitrogen and oxygen atoms in total. The van der Waals surface area contributed by atoms with E-state index < -0.39 is 42.7 Å². The summed E-state index contributed by atoms with van der Waals surface area (Å²) in [6.45, 7) is 2.43. The Balaban J connectivity index is 1.51. The Morgan fingerprint density at radius 1 is 1.19 bits per heavy atom. The van der Waals surface area contributed by atoms with Gasteiger partial charge in [0.05, 0.1) is 49.2 Å². The molecule has 5 unspecified atom stereocenters. The molecule has 11 heteroatoms. The Morgan fingerprint density at radius 2 is 2.00 bits per heavy atom. The topological polar surface area (TPSA) is 165 Å². The molecule has 4 N–H and O–H groups in total. The molecule has 0 bridgehead atoms. The van der Waals surface area contributed by atoms with Gasteiger partial charge in [0.2, 0.25) is 5.76 Å². The van der Waals surface area contributed by atoms with Crippen LogP contribution in [-0.2, 0) is 25.7 Å². The number of fused-ring (bicyclic) bond motifs is 5. The number of aliphatic hydroxyl groups excluding tert-OH is 2. The van der Waals surface area contributed by atoms with E-state index in [9.17, 15) is 29.7 Å². The number of carbonyl (C=O) groups excluding carboxylic acids is 3. The van der Waals surface area contributed by atoms with E-state index in [0.29, 0.717) is 52.9 Å². The zero-order chi connectivity index (χ0) is 33.9. The number of esters is 1. The number of aldehydes is 1. The molecule has 2 saturated carbocycles. The summed E-state index contributed by atoms with van der Waals surface area (Å²) in [4.78, 5) is 43.5. The van der Waals surface area contributed by atoms with E-state index in [1.165, 1.54) is 7.11 Å². The minimum atomic E-state index is -1.16. The number of benzene rings is 2. The number of H-pyrrole nitrogens is 1. The number of carbonyl (C=O) groups is 3. The van der Waals surface area contributed by atoms with Gasteiger partial charge in [-0.1, -0.05) is 11.6 Å². The van der Waals surface area contributed by atoms with Crippen LogP contribution in [0.4, 0.5) is 0 Å². The summed E-state index contributed by atoms with van der Waals surface area (Å²) < 4.78 is 24.1. The fourth-order valence-electron chi connectivity index (χ4n) is 8.24. The lowest BCUT2D eigenvalue weighted by molar-refractivity contribution is -0.141. The van der Waals surface area contributed by atoms with Crippen molar-refractivity contribution >= 4 is 34.5 Å². The number of ketones is 1. The van der Waals surface area contributed by atoms with Crippen LogP contribution in [-0.4, -0.2) is 70.4 Å². The molecule has 252 valence electrons. The fraction of sp³-hybridized carbons (Fsp3) is 0.432. The fourth-order valence-corrected chi connectivity index (χ4v) is 8.24. The Bertz CT molecular complexity index is 1900. The maximum absolute atomic E-state index is 13.8. The van der Waals surface area contributed by atoms with Gasteiger partial charge in [0.15, 0.2) is 6.29 Å². The average Bonchev–Trinajstić information content (AvgIpc) is 3.72. The number of Topliss-reactive ketones (excluding diaryl/α,β-unsaturated/α-hetero) is 1. The van der Waals surface area contributed by atoms with Crippen LogP contribution in [0.5, 0.6) is 17.2 Å². The van der Waals surface area contributed by atoms with Crippen LogP contribution in [0.15, 0.2) is 47.4 Å². The molecular weight excluding hydrogens is 618 g/mol. The summed E-state index contributed by atoms with van der Waals surface area (Å²) in [7, 11) is 1.49. The van der Waals surface area contributed by atoms with Gasteiger partial charge in [0, 0.05) is 40.6 Å². The Hall–Kier alpha value is -4.45. The first-order valence-electron chi connectivity index (χ1n) is 16.4.